The molecule has 0 atom stereocenters. The van der Waals surface area contributed by atoms with E-state index in [0.29, 0.717) is 44.2 Å². The summed E-state index contributed by atoms with van der Waals surface area (Å²) in [6, 6.07) is 15.6. The maximum atomic E-state index is 12.9. The number of methoxy groups -OCH3 is 1. The first-order valence-corrected chi connectivity index (χ1v) is 8.76. The fourth-order valence-corrected chi connectivity index (χ4v) is 3.38. The highest BCUT2D eigenvalue weighted by atomic mass is 16.5. The van der Waals surface area contributed by atoms with Crippen molar-refractivity contribution in [1.29, 1.82) is 0 Å². The number of benzene rings is 2. The standard InChI is InChI=1S/C21H21NO4/c1-24-12-13-25-11-10-22-18-8-4-5-9-19(18)26-21(22)17-14-15-6-2-3-7-16(15)20(17)23/h2-9H,10-14H2,1H3. The van der Waals surface area contributed by atoms with Gasteiger partial charge in [-0.15, -0.1) is 0 Å². The van der Waals surface area contributed by atoms with Gasteiger partial charge in [0.1, 0.15) is 0 Å². The molecule has 5 heteroatoms. The summed E-state index contributed by atoms with van der Waals surface area (Å²) in [6.07, 6.45) is 0.597. The number of nitrogens with zero attached hydrogens (tertiary/aromatic N) is 1. The van der Waals surface area contributed by atoms with Crippen LogP contribution in [0.4, 0.5) is 5.69 Å². The number of allylic oxidation sites excluding steroid dienone is 1. The Morgan fingerprint density at radius 2 is 1.85 bits per heavy atom. The van der Waals surface area contributed by atoms with Crippen molar-refractivity contribution in [3.8, 4) is 5.75 Å². The number of carbonyl (C=O) groups is 1. The maximum Gasteiger partial charge on any atom is 0.208 e. The van der Waals surface area contributed by atoms with Crippen LogP contribution in [0.3, 0.4) is 0 Å². The molecule has 2 aromatic rings. The van der Waals surface area contributed by atoms with Gasteiger partial charge in [-0.25, -0.2) is 0 Å². The van der Waals surface area contributed by atoms with E-state index in [1.165, 1.54) is 0 Å². The quantitative estimate of drug-likeness (QED) is 0.591. The van der Waals surface area contributed by atoms with Crippen molar-refractivity contribution in [2.75, 3.05) is 38.4 Å². The van der Waals surface area contributed by atoms with Crippen LogP contribution in [0.5, 0.6) is 5.75 Å². The highest BCUT2D eigenvalue weighted by Gasteiger charge is 2.35. The smallest absolute Gasteiger partial charge is 0.208 e. The molecule has 0 saturated heterocycles. The van der Waals surface area contributed by atoms with Crippen molar-refractivity contribution < 1.29 is 19.0 Å². The number of fused-ring (bicyclic) bond motifs is 2. The number of anilines is 1. The van der Waals surface area contributed by atoms with E-state index >= 15 is 0 Å². The van der Waals surface area contributed by atoms with Gasteiger partial charge < -0.3 is 19.1 Å². The van der Waals surface area contributed by atoms with Crippen LogP contribution < -0.4 is 9.64 Å². The predicted molar refractivity (Wildman–Crippen MR) is 98.6 cm³/mol. The molecule has 0 aromatic heterocycles. The van der Waals surface area contributed by atoms with E-state index in [1.807, 2.05) is 53.4 Å². The minimum absolute atomic E-state index is 0.0497. The molecule has 134 valence electrons. The molecule has 0 N–H and O–H groups in total. The van der Waals surface area contributed by atoms with Crippen molar-refractivity contribution in [3.63, 3.8) is 0 Å². The number of carbonyl (C=O) groups excluding carboxylic acids is 1. The van der Waals surface area contributed by atoms with E-state index in [4.69, 9.17) is 14.2 Å². The SMILES string of the molecule is COCCOCCN1C(=C2Cc3ccccc3C2=O)Oc2ccccc21. The molecule has 1 heterocycles. The molecule has 0 unspecified atom stereocenters. The Hall–Kier alpha value is -2.63. The van der Waals surface area contributed by atoms with E-state index in [1.54, 1.807) is 7.11 Å². The molecule has 2 aliphatic rings. The number of hydrogen-bond acceptors (Lipinski definition) is 5. The molecular formula is C21H21NO4. The first kappa shape index (κ1) is 16.8. The van der Waals surface area contributed by atoms with Gasteiger partial charge >= 0.3 is 0 Å². The number of Topliss-reactive ketones (excluding diaryl/α,β-unsaturated/α-hetero) is 1. The first-order chi connectivity index (χ1) is 12.8. The number of ketones is 1. The molecule has 1 aliphatic carbocycles. The summed E-state index contributed by atoms with van der Waals surface area (Å²) in [5.41, 5.74) is 3.50. The number of ether oxygens (including phenoxy) is 3. The highest BCUT2D eigenvalue weighted by molar-refractivity contribution is 6.13. The second kappa shape index (κ2) is 7.32. The first-order valence-electron chi connectivity index (χ1n) is 8.76. The molecule has 26 heavy (non-hydrogen) atoms. The molecule has 0 saturated carbocycles. The number of hydrogen-bond donors (Lipinski definition) is 0. The minimum Gasteiger partial charge on any atom is -0.438 e. The van der Waals surface area contributed by atoms with E-state index in [0.717, 1.165) is 22.6 Å². The van der Waals surface area contributed by atoms with Gasteiger partial charge in [0, 0.05) is 25.6 Å². The average molecular weight is 351 g/mol. The van der Waals surface area contributed by atoms with Crippen LogP contribution >= 0.6 is 0 Å². The molecule has 2 aromatic carbocycles. The van der Waals surface area contributed by atoms with Crippen LogP contribution in [-0.2, 0) is 15.9 Å². The molecule has 5 nitrogen and oxygen atoms in total. The van der Waals surface area contributed by atoms with Crippen LogP contribution in [0.15, 0.2) is 60.0 Å². The lowest BCUT2D eigenvalue weighted by Gasteiger charge is -2.19. The second-order valence-electron chi connectivity index (χ2n) is 6.27. The lowest BCUT2D eigenvalue weighted by atomic mass is 10.1. The molecule has 0 bridgehead atoms. The van der Waals surface area contributed by atoms with Gasteiger partial charge in [0.25, 0.3) is 0 Å². The van der Waals surface area contributed by atoms with Gasteiger partial charge in [-0.05, 0) is 17.7 Å². The Morgan fingerprint density at radius 1 is 1.04 bits per heavy atom. The Morgan fingerprint density at radius 3 is 2.69 bits per heavy atom. The highest BCUT2D eigenvalue weighted by Crippen LogP contribution is 2.41. The van der Waals surface area contributed by atoms with Gasteiger partial charge in [0.2, 0.25) is 5.88 Å². The van der Waals surface area contributed by atoms with Gasteiger partial charge in [-0.2, -0.15) is 0 Å². The van der Waals surface area contributed by atoms with Crippen LogP contribution in [0.1, 0.15) is 15.9 Å². The van der Waals surface area contributed by atoms with E-state index in [9.17, 15) is 4.79 Å². The Kier molecular flexibility index (Phi) is 4.73. The molecular weight excluding hydrogens is 330 g/mol. The zero-order chi connectivity index (χ0) is 17.9. The predicted octanol–water partition coefficient (Wildman–Crippen LogP) is 3.20. The zero-order valence-corrected chi connectivity index (χ0v) is 14.7. The monoisotopic (exact) mass is 351 g/mol. The molecule has 0 radical (unpaired) electrons. The lowest BCUT2D eigenvalue weighted by Crippen LogP contribution is -2.27. The summed E-state index contributed by atoms with van der Waals surface area (Å²) < 4.78 is 16.7. The zero-order valence-electron chi connectivity index (χ0n) is 14.7. The van der Waals surface area contributed by atoms with E-state index in [-0.39, 0.29) is 5.78 Å². The van der Waals surface area contributed by atoms with Crippen molar-refractivity contribution in [1.82, 2.24) is 0 Å². The van der Waals surface area contributed by atoms with E-state index in [2.05, 4.69) is 0 Å². The van der Waals surface area contributed by atoms with Crippen LogP contribution in [0.25, 0.3) is 0 Å². The fraction of sp³-hybridized carbons (Fsp3) is 0.286. The number of para-hydroxylation sites is 2. The van der Waals surface area contributed by atoms with Gasteiger partial charge in [0.15, 0.2) is 11.5 Å². The molecule has 0 spiro atoms. The summed E-state index contributed by atoms with van der Waals surface area (Å²) in [7, 11) is 1.65. The summed E-state index contributed by atoms with van der Waals surface area (Å²) >= 11 is 0. The van der Waals surface area contributed by atoms with Crippen molar-refractivity contribution in [2.45, 2.75) is 6.42 Å². The molecule has 1 aliphatic heterocycles. The summed E-state index contributed by atoms with van der Waals surface area (Å²) in [5.74, 6) is 1.45. The van der Waals surface area contributed by atoms with Crippen LogP contribution in [-0.4, -0.2) is 39.3 Å². The second-order valence-corrected chi connectivity index (χ2v) is 6.27. The van der Waals surface area contributed by atoms with Crippen LogP contribution in [0.2, 0.25) is 0 Å². The topological polar surface area (TPSA) is 48.0 Å². The Bertz CT molecular complexity index is 859. The van der Waals surface area contributed by atoms with E-state index < -0.39 is 0 Å². The third-order valence-electron chi connectivity index (χ3n) is 4.66. The third kappa shape index (κ3) is 3.00. The molecule has 0 fully saturated rings. The largest absolute Gasteiger partial charge is 0.438 e. The average Bonchev–Trinajstić information content (AvgIpc) is 3.20. The molecule has 4 rings (SSSR count). The summed E-state index contributed by atoms with van der Waals surface area (Å²) in [6.45, 7) is 2.25. The van der Waals surface area contributed by atoms with Crippen molar-refractivity contribution >= 4 is 11.5 Å². The van der Waals surface area contributed by atoms with Crippen molar-refractivity contribution in [2.24, 2.45) is 0 Å². The Labute approximate surface area is 152 Å². The fourth-order valence-electron chi connectivity index (χ4n) is 3.38. The molecule has 0 amide bonds. The number of rotatable bonds is 6. The normalized spacial score (nSPS) is 18.0. The van der Waals surface area contributed by atoms with Crippen molar-refractivity contribution in [3.05, 3.63) is 71.1 Å². The van der Waals surface area contributed by atoms with Gasteiger partial charge in [0.05, 0.1) is 31.1 Å². The minimum atomic E-state index is 0.0497. The van der Waals surface area contributed by atoms with Crippen LogP contribution in [0, 0.1) is 0 Å². The summed E-state index contributed by atoms with van der Waals surface area (Å²) in [4.78, 5) is 14.9. The summed E-state index contributed by atoms with van der Waals surface area (Å²) in [5, 5.41) is 0. The van der Waals surface area contributed by atoms with Gasteiger partial charge in [-0.1, -0.05) is 36.4 Å². The maximum absolute atomic E-state index is 12.9. The Balaban J connectivity index is 1.62. The van der Waals surface area contributed by atoms with Gasteiger partial charge in [-0.3, -0.25) is 4.79 Å². The third-order valence-corrected chi connectivity index (χ3v) is 4.66. The lowest BCUT2D eigenvalue weighted by molar-refractivity contribution is 0.0741.